The molecule has 0 atom stereocenters. The largest absolute Gasteiger partial charge is 0.0616 e. The van der Waals surface area contributed by atoms with Gasteiger partial charge in [-0.2, -0.15) is 0 Å². The van der Waals surface area contributed by atoms with E-state index < -0.39 is 0 Å². The van der Waals surface area contributed by atoms with Crippen LogP contribution in [0.5, 0.6) is 0 Å². The van der Waals surface area contributed by atoms with Gasteiger partial charge >= 0.3 is 0 Å². The molecule has 0 nitrogen and oxygen atoms in total. The Labute approximate surface area is 666 Å². The van der Waals surface area contributed by atoms with Gasteiger partial charge in [0.1, 0.15) is 0 Å². The third-order valence-corrected chi connectivity index (χ3v) is 26.0. The third kappa shape index (κ3) is 9.56. The van der Waals surface area contributed by atoms with Crippen LogP contribution in [0.4, 0.5) is 0 Å². The van der Waals surface area contributed by atoms with Crippen LogP contribution in [0.25, 0.3) is 271 Å². The summed E-state index contributed by atoms with van der Waals surface area (Å²) in [7, 11) is 0. The molecule has 0 spiro atoms. The Morgan fingerprint density at radius 2 is 0.190 bits per heavy atom. The minimum atomic E-state index is 1.15. The summed E-state index contributed by atoms with van der Waals surface area (Å²) in [5.41, 5.74) is 11.7. The monoisotopic (exact) mass is 1460 g/mol. The fourth-order valence-corrected chi connectivity index (χ4v) is 20.7. The zero-order chi connectivity index (χ0) is 75.5. The Morgan fingerprint density at radius 3 is 0.336 bits per heavy atom. The van der Waals surface area contributed by atoms with E-state index in [2.05, 4.69) is 400 Å². The van der Waals surface area contributed by atoms with Crippen molar-refractivity contribution < 1.29 is 0 Å². The molecule has 0 aromatic heterocycles. The summed E-state index contributed by atoms with van der Waals surface area (Å²) in [4.78, 5) is 0. The fourth-order valence-electron chi connectivity index (χ4n) is 20.7. The van der Waals surface area contributed by atoms with E-state index in [1.54, 1.807) is 0 Å². The smallest absolute Gasteiger partial charge is 0.0000922 e. The summed E-state index contributed by atoms with van der Waals surface area (Å²) in [5.74, 6) is 0. The highest BCUT2D eigenvalue weighted by molar-refractivity contribution is 6.35. The first-order valence-corrected chi connectivity index (χ1v) is 40.5. The third-order valence-electron chi connectivity index (χ3n) is 26.0. The van der Waals surface area contributed by atoms with Gasteiger partial charge in [0.15, 0.2) is 0 Å². The molecule has 0 bridgehead atoms. The van der Waals surface area contributed by atoms with Crippen molar-refractivity contribution in [1.29, 1.82) is 0 Å². The molecule has 0 aliphatic heterocycles. The van der Waals surface area contributed by atoms with Crippen LogP contribution < -0.4 is 0 Å². The second-order valence-electron chi connectivity index (χ2n) is 32.6. The maximum atomic E-state index is 2.78. The average molecular weight is 1460 g/mol. The van der Waals surface area contributed by atoms with Crippen LogP contribution in [0.3, 0.4) is 0 Å². The highest BCUT2D eigenvalue weighted by Crippen LogP contribution is 2.61. The first kappa shape index (κ1) is 63.5. The van der Waals surface area contributed by atoms with Crippen LogP contribution in [0.2, 0.25) is 0 Å². The lowest BCUT2D eigenvalue weighted by Crippen LogP contribution is -2.03. The molecule has 26 aromatic rings. The van der Waals surface area contributed by atoms with E-state index in [1.807, 2.05) is 0 Å². The van der Waals surface area contributed by atoms with Crippen molar-refractivity contribution in [2.45, 2.75) is 0 Å². The molecule has 530 valence electrons. The minimum absolute atomic E-state index is 1.15. The van der Waals surface area contributed by atoms with Gasteiger partial charge in [0.05, 0.1) is 0 Å². The van der Waals surface area contributed by atoms with Crippen LogP contribution in [0.1, 0.15) is 0 Å². The maximum Gasteiger partial charge on any atom is -0.0000922 e. The van der Waals surface area contributed by atoms with Gasteiger partial charge in [-0.15, -0.1) is 0 Å². The molecule has 0 heteroatoms. The Morgan fingerprint density at radius 1 is 0.0776 bits per heavy atom. The predicted octanol–water partition coefficient (Wildman–Crippen LogP) is 33.1. The number of rotatable bonds is 5. The van der Waals surface area contributed by atoms with Crippen molar-refractivity contribution in [1.82, 2.24) is 0 Å². The standard InChI is InChI=1S/C116H66/c1-11-31-77-56-97-87(41-67(77)21-1)51-88-42-68-22-2-12-32-78(68)57-98(88)109(97)107-66-108(110-99-58-79-33-13-3-23-69(79)43-89(99)52-90-44-70-24-4-14-34-80(70)59-100(90)110)115(112-103-62-83-37-17-7-27-73(83)47-93(103)54-94-48-74-28-8-18-38-84(74)63-104(94)112)116(113-105-64-85-39-19-9-29-75(85)49-95(105)55-96-50-76-30-10-20-40-86(76)65-106(96)113)114(107)111-101-60-81-35-15-5-25-71(81)45-91(101)53-92-46-72-26-6-16-36-82(72)61-102(92)111/h1-66H. The normalized spacial score (nSPS) is 12.3. The SMILES string of the molecule is c1ccc2cc3c(-c4cc(-c5c6cc7ccccc7cc6cc6cc7ccccc7cc56)c(-c5c6cc7ccccc7cc6cc6cc7ccccc7cc56)c(-c5c6cc7ccccc7cc6cc6cc7ccccc7cc56)c4-c4c5cc6ccccc6cc5cc5cc6ccccc6cc45)c4cc5ccccc5cc4cc3cc2c1. The second kappa shape index (κ2) is 24.2. The van der Waals surface area contributed by atoms with E-state index in [-0.39, 0.29) is 0 Å². The van der Waals surface area contributed by atoms with Crippen LogP contribution in [0.15, 0.2) is 400 Å². The Kier molecular flexibility index (Phi) is 13.3. The Bertz CT molecular complexity index is 8080. The first-order valence-electron chi connectivity index (χ1n) is 40.5. The zero-order valence-electron chi connectivity index (χ0n) is 63.1. The predicted molar refractivity (Wildman–Crippen MR) is 504 cm³/mol. The van der Waals surface area contributed by atoms with Crippen LogP contribution in [0, 0.1) is 0 Å². The molecule has 0 unspecified atom stereocenters. The molecule has 0 aliphatic carbocycles. The summed E-state index contributed by atoms with van der Waals surface area (Å²) < 4.78 is 0. The summed E-state index contributed by atoms with van der Waals surface area (Å²) in [6, 6.07) is 156. The number of hydrogen-bond donors (Lipinski definition) is 0. The van der Waals surface area contributed by atoms with E-state index in [9.17, 15) is 0 Å². The molecular formula is C116H66. The Balaban J connectivity index is 1.05. The molecule has 0 heterocycles. The average Bonchev–Trinajstić information content (AvgIpc) is 0.684. The molecule has 0 saturated heterocycles. The van der Waals surface area contributed by atoms with Crippen LogP contribution in [-0.4, -0.2) is 0 Å². The van der Waals surface area contributed by atoms with Crippen molar-refractivity contribution in [2.75, 3.05) is 0 Å². The second-order valence-corrected chi connectivity index (χ2v) is 32.6. The number of benzene rings is 26. The molecule has 0 radical (unpaired) electrons. The summed E-state index contributed by atoms with van der Waals surface area (Å²) in [5, 5.41) is 47.5. The van der Waals surface area contributed by atoms with Crippen molar-refractivity contribution in [3.05, 3.63) is 400 Å². The molecule has 0 amide bonds. The molecule has 0 aliphatic rings. The molecule has 0 N–H and O–H groups in total. The summed E-state index contributed by atoms with van der Waals surface area (Å²) >= 11 is 0. The lowest BCUT2D eigenvalue weighted by molar-refractivity contribution is 1.62. The van der Waals surface area contributed by atoms with Crippen molar-refractivity contribution in [3.8, 4) is 55.6 Å². The van der Waals surface area contributed by atoms with E-state index in [0.29, 0.717) is 0 Å². The van der Waals surface area contributed by atoms with Gasteiger partial charge in [-0.3, -0.25) is 0 Å². The Hall–Kier alpha value is -15.1. The van der Waals surface area contributed by atoms with E-state index in [1.165, 1.54) is 260 Å². The van der Waals surface area contributed by atoms with Crippen molar-refractivity contribution in [3.63, 3.8) is 0 Å². The van der Waals surface area contributed by atoms with Gasteiger partial charge in [-0.25, -0.2) is 0 Å². The highest BCUT2D eigenvalue weighted by Gasteiger charge is 2.34. The summed E-state index contributed by atoms with van der Waals surface area (Å²) in [6.07, 6.45) is 0. The summed E-state index contributed by atoms with van der Waals surface area (Å²) in [6.45, 7) is 0. The van der Waals surface area contributed by atoms with E-state index in [4.69, 9.17) is 0 Å². The number of hydrogen-bond acceptors (Lipinski definition) is 0. The van der Waals surface area contributed by atoms with Gasteiger partial charge < -0.3 is 0 Å². The molecule has 26 aromatic carbocycles. The van der Waals surface area contributed by atoms with Crippen molar-refractivity contribution >= 4 is 215 Å². The maximum absolute atomic E-state index is 2.78. The molecule has 116 heavy (non-hydrogen) atoms. The van der Waals surface area contributed by atoms with Crippen LogP contribution in [-0.2, 0) is 0 Å². The van der Waals surface area contributed by atoms with Gasteiger partial charge in [-0.05, 0) is 429 Å². The lowest BCUT2D eigenvalue weighted by Gasteiger charge is -2.30. The molecule has 0 fully saturated rings. The van der Waals surface area contributed by atoms with E-state index in [0.717, 1.165) is 11.1 Å². The van der Waals surface area contributed by atoms with E-state index >= 15 is 0 Å². The quantitative estimate of drug-likeness (QED) is 0.151. The first-order chi connectivity index (χ1) is 57.4. The van der Waals surface area contributed by atoms with Gasteiger partial charge in [0, 0.05) is 0 Å². The molecule has 26 rings (SSSR count). The number of fused-ring (bicyclic) bond motifs is 20. The molecule has 0 saturated carbocycles. The highest BCUT2D eigenvalue weighted by atomic mass is 14.4. The minimum Gasteiger partial charge on any atom is -0.0616 e. The van der Waals surface area contributed by atoms with Gasteiger partial charge in [0.25, 0.3) is 0 Å². The lowest BCUT2D eigenvalue weighted by atomic mass is 9.72. The van der Waals surface area contributed by atoms with Crippen LogP contribution >= 0.6 is 0 Å². The van der Waals surface area contributed by atoms with Gasteiger partial charge in [-0.1, -0.05) is 243 Å². The zero-order valence-corrected chi connectivity index (χ0v) is 63.1. The molecular weight excluding hydrogens is 1390 g/mol. The van der Waals surface area contributed by atoms with Gasteiger partial charge in [0.2, 0.25) is 0 Å². The fraction of sp³-hybridized carbons (Fsp3) is 0. The van der Waals surface area contributed by atoms with Crippen molar-refractivity contribution in [2.24, 2.45) is 0 Å². The topological polar surface area (TPSA) is 0 Å².